The van der Waals surface area contributed by atoms with Crippen molar-refractivity contribution in [3.63, 3.8) is 0 Å². The van der Waals surface area contributed by atoms with Crippen LogP contribution in [-0.2, 0) is 28.5 Å². The Morgan fingerprint density at radius 1 is 0.558 bits per heavy atom. The summed E-state index contributed by atoms with van der Waals surface area (Å²) in [6.45, 7) is 17.0. The maximum atomic E-state index is 12.7. The van der Waals surface area contributed by atoms with E-state index in [1.54, 1.807) is 41.5 Å². The van der Waals surface area contributed by atoms with Gasteiger partial charge >= 0.3 is 30.2 Å². The van der Waals surface area contributed by atoms with Gasteiger partial charge in [0, 0.05) is 13.1 Å². The van der Waals surface area contributed by atoms with E-state index < -0.39 is 53.1 Å². The third kappa shape index (κ3) is 26.3. The van der Waals surface area contributed by atoms with Crippen LogP contribution < -0.4 is 21.3 Å². The van der Waals surface area contributed by atoms with Crippen molar-refractivity contribution in [2.24, 2.45) is 0 Å². The van der Waals surface area contributed by atoms with Crippen LogP contribution >= 0.6 is 0 Å². The molecular formula is C30H56N4O9. The van der Waals surface area contributed by atoms with Gasteiger partial charge in [-0.1, -0.05) is 25.7 Å². The average Bonchev–Trinajstić information content (AvgIpc) is 2.80. The molecule has 4 N–H and O–H groups in total. The number of amides is 3. The van der Waals surface area contributed by atoms with E-state index in [4.69, 9.17) is 18.9 Å². The molecule has 0 saturated carbocycles. The van der Waals surface area contributed by atoms with Gasteiger partial charge in [-0.15, -0.1) is 0 Å². The summed E-state index contributed by atoms with van der Waals surface area (Å²) in [6, 6.07) is -1.14. The van der Waals surface area contributed by atoms with Crippen molar-refractivity contribution in [3.8, 4) is 0 Å². The second kappa shape index (κ2) is 20.0. The lowest BCUT2D eigenvalue weighted by atomic mass is 10.1. The van der Waals surface area contributed by atoms with Crippen molar-refractivity contribution in [1.29, 1.82) is 0 Å². The first-order valence-electron chi connectivity index (χ1n) is 15.2. The highest BCUT2D eigenvalue weighted by atomic mass is 16.6. The molecule has 0 rings (SSSR count). The van der Waals surface area contributed by atoms with E-state index in [1.807, 2.05) is 20.8 Å². The van der Waals surface area contributed by atoms with E-state index >= 15 is 0 Å². The number of hydrogen-bond acceptors (Lipinski definition) is 10. The minimum absolute atomic E-state index is 0.103. The fourth-order valence-electron chi connectivity index (χ4n) is 3.51. The molecule has 0 aliphatic rings. The summed E-state index contributed by atoms with van der Waals surface area (Å²) in [4.78, 5) is 60.6. The Kier molecular flexibility index (Phi) is 18.5. The van der Waals surface area contributed by atoms with Gasteiger partial charge in [0.2, 0.25) is 0 Å². The number of nitrogens with one attached hydrogen (secondary N) is 4. The highest BCUT2D eigenvalue weighted by Gasteiger charge is 2.27. The van der Waals surface area contributed by atoms with Gasteiger partial charge < -0.3 is 40.2 Å². The third-order valence-corrected chi connectivity index (χ3v) is 5.25. The highest BCUT2D eigenvalue weighted by molar-refractivity contribution is 5.91. The van der Waals surface area contributed by atoms with Crippen molar-refractivity contribution in [1.82, 2.24) is 21.3 Å². The van der Waals surface area contributed by atoms with Crippen molar-refractivity contribution < 1.29 is 42.9 Å². The molecule has 3 amide bonds. The second-order valence-corrected chi connectivity index (χ2v) is 13.3. The zero-order valence-electron chi connectivity index (χ0n) is 27.7. The molecule has 0 spiro atoms. The molecule has 0 fully saturated rings. The molecule has 0 saturated heterocycles. The predicted octanol–water partition coefficient (Wildman–Crippen LogP) is 4.71. The van der Waals surface area contributed by atoms with Gasteiger partial charge in [0.25, 0.3) is 0 Å². The molecule has 1 atom stereocenters. The SMILES string of the molecule is CC(C)(C)OC(=O)NCCCCCCCCNCC(=O)OC(=O)[C@H](CCCNC(=O)OC(C)(C)C)NC(=O)OC(C)(C)C. The van der Waals surface area contributed by atoms with Crippen LogP contribution in [0.4, 0.5) is 14.4 Å². The molecule has 0 heterocycles. The van der Waals surface area contributed by atoms with Crippen LogP contribution in [0, 0.1) is 0 Å². The van der Waals surface area contributed by atoms with Crippen LogP contribution in [0.2, 0.25) is 0 Å². The summed E-state index contributed by atoms with van der Waals surface area (Å²) in [7, 11) is 0. The van der Waals surface area contributed by atoms with Crippen molar-refractivity contribution in [3.05, 3.63) is 0 Å². The zero-order chi connectivity index (χ0) is 33.1. The third-order valence-electron chi connectivity index (χ3n) is 5.25. The van der Waals surface area contributed by atoms with Gasteiger partial charge in [0.1, 0.15) is 22.8 Å². The fourth-order valence-corrected chi connectivity index (χ4v) is 3.51. The quantitative estimate of drug-likeness (QED) is 0.0777. The van der Waals surface area contributed by atoms with E-state index in [2.05, 4.69) is 21.3 Å². The summed E-state index contributed by atoms with van der Waals surface area (Å²) in [5, 5.41) is 10.7. The lowest BCUT2D eigenvalue weighted by Gasteiger charge is -2.23. The van der Waals surface area contributed by atoms with E-state index in [0.717, 1.165) is 38.5 Å². The van der Waals surface area contributed by atoms with Crippen LogP contribution in [0.3, 0.4) is 0 Å². The minimum Gasteiger partial charge on any atom is -0.444 e. The van der Waals surface area contributed by atoms with Crippen molar-refractivity contribution in [2.75, 3.05) is 26.2 Å². The molecular weight excluding hydrogens is 560 g/mol. The molecule has 0 radical (unpaired) electrons. The molecule has 0 aromatic rings. The molecule has 0 unspecified atom stereocenters. The molecule has 43 heavy (non-hydrogen) atoms. The molecule has 0 aliphatic carbocycles. The zero-order valence-corrected chi connectivity index (χ0v) is 27.7. The second-order valence-electron chi connectivity index (χ2n) is 13.3. The Hall–Kier alpha value is -3.09. The maximum Gasteiger partial charge on any atom is 0.408 e. The van der Waals surface area contributed by atoms with Gasteiger partial charge in [0.05, 0.1) is 6.54 Å². The predicted molar refractivity (Wildman–Crippen MR) is 163 cm³/mol. The van der Waals surface area contributed by atoms with Crippen LogP contribution in [-0.4, -0.2) is 79.2 Å². The molecule has 13 nitrogen and oxygen atoms in total. The van der Waals surface area contributed by atoms with E-state index in [1.165, 1.54) is 0 Å². The summed E-state index contributed by atoms with van der Waals surface area (Å²) in [5.41, 5.74) is -1.93. The first-order valence-corrected chi connectivity index (χ1v) is 15.2. The number of esters is 2. The Labute approximate surface area is 257 Å². The Bertz CT molecular complexity index is 874. The summed E-state index contributed by atoms with van der Waals surface area (Å²) in [6.07, 6.45) is 4.34. The van der Waals surface area contributed by atoms with Gasteiger partial charge in [-0.3, -0.25) is 4.79 Å². The fraction of sp³-hybridized carbons (Fsp3) is 0.833. The lowest BCUT2D eigenvalue weighted by Crippen LogP contribution is -2.45. The number of alkyl carbamates (subject to hydrolysis) is 3. The van der Waals surface area contributed by atoms with E-state index in [-0.39, 0.29) is 19.5 Å². The number of carbonyl (C=O) groups is 5. The number of rotatable bonds is 17. The number of unbranched alkanes of at least 4 members (excludes halogenated alkanes) is 5. The van der Waals surface area contributed by atoms with Crippen molar-refractivity contribution in [2.45, 2.75) is 137 Å². The van der Waals surface area contributed by atoms with Gasteiger partial charge in [-0.05, 0) is 94.5 Å². The molecule has 0 aliphatic heterocycles. The molecule has 13 heteroatoms. The van der Waals surface area contributed by atoms with Gasteiger partial charge in [0.15, 0.2) is 0 Å². The Morgan fingerprint density at radius 2 is 0.977 bits per heavy atom. The summed E-state index contributed by atoms with van der Waals surface area (Å²) >= 11 is 0. The van der Waals surface area contributed by atoms with Gasteiger partial charge in [-0.2, -0.15) is 0 Å². The first kappa shape index (κ1) is 39.9. The molecule has 0 aromatic carbocycles. The average molecular weight is 617 g/mol. The van der Waals surface area contributed by atoms with Gasteiger partial charge in [-0.25, -0.2) is 19.2 Å². The van der Waals surface area contributed by atoms with Crippen LogP contribution in [0.25, 0.3) is 0 Å². The number of carbonyl (C=O) groups excluding carboxylic acids is 5. The summed E-state index contributed by atoms with van der Waals surface area (Å²) in [5.74, 6) is -1.67. The standard InChI is InChI=1S/C30H56N4O9/c1-28(2,3)41-25(37)32-19-15-13-11-10-12-14-18-31-21-23(35)40-24(36)22(34-27(39)43-30(7,8)9)17-16-20-33-26(38)42-29(4,5)6/h22,31H,10-21H2,1-9H3,(H,32,37)(H,33,38)(H,34,39)/t22-/m0/s1. The monoisotopic (exact) mass is 616 g/mol. The first-order chi connectivity index (χ1) is 19.8. The molecule has 250 valence electrons. The smallest absolute Gasteiger partial charge is 0.408 e. The lowest BCUT2D eigenvalue weighted by molar-refractivity contribution is -0.160. The summed E-state index contributed by atoms with van der Waals surface area (Å²) < 4.78 is 20.5. The molecule has 0 aromatic heterocycles. The number of hydrogen-bond donors (Lipinski definition) is 4. The van der Waals surface area contributed by atoms with E-state index in [9.17, 15) is 24.0 Å². The van der Waals surface area contributed by atoms with Crippen LogP contribution in [0.5, 0.6) is 0 Å². The van der Waals surface area contributed by atoms with Crippen LogP contribution in [0.15, 0.2) is 0 Å². The maximum absolute atomic E-state index is 12.7. The topological polar surface area (TPSA) is 170 Å². The molecule has 0 bridgehead atoms. The highest BCUT2D eigenvalue weighted by Crippen LogP contribution is 2.10. The number of ether oxygens (including phenoxy) is 4. The normalized spacial score (nSPS) is 12.5. The Balaban J connectivity index is 4.32. The largest absolute Gasteiger partial charge is 0.444 e. The van der Waals surface area contributed by atoms with Crippen LogP contribution in [0.1, 0.15) is 114 Å². The minimum atomic E-state index is -1.14. The van der Waals surface area contributed by atoms with Crippen molar-refractivity contribution >= 4 is 30.2 Å². The van der Waals surface area contributed by atoms with E-state index in [0.29, 0.717) is 19.5 Å². The Morgan fingerprint density at radius 3 is 1.47 bits per heavy atom.